The Hall–Kier alpha value is -2.38. The van der Waals surface area contributed by atoms with Crippen molar-refractivity contribution in [2.75, 3.05) is 19.7 Å². The summed E-state index contributed by atoms with van der Waals surface area (Å²) >= 11 is 0. The van der Waals surface area contributed by atoms with E-state index in [2.05, 4.69) is 5.10 Å². The highest BCUT2D eigenvalue weighted by Gasteiger charge is 2.22. The smallest absolute Gasteiger partial charge is 0.257 e. The average molecular weight is 387 g/mol. The van der Waals surface area contributed by atoms with E-state index in [-0.39, 0.29) is 18.9 Å². The van der Waals surface area contributed by atoms with Crippen molar-refractivity contribution in [2.24, 2.45) is 7.05 Å². The van der Waals surface area contributed by atoms with E-state index in [1.807, 2.05) is 24.3 Å². The van der Waals surface area contributed by atoms with Crippen LogP contribution in [0.15, 0.2) is 36.7 Å². The average Bonchev–Trinajstić information content (AvgIpc) is 3.14. The number of fused-ring (bicyclic) bond motifs is 1. The highest BCUT2D eigenvalue weighted by atomic mass is 16.5. The Kier molecular flexibility index (Phi) is 7.06. The maximum Gasteiger partial charge on any atom is 0.257 e. The number of nitrogens with zero attached hydrogens (tertiary/aromatic N) is 3. The molecule has 0 aliphatic carbocycles. The number of para-hydroxylation sites is 1. The maximum atomic E-state index is 12.8. The Morgan fingerprint density at radius 2 is 1.96 bits per heavy atom. The number of benzene rings is 1. The van der Waals surface area contributed by atoms with Crippen LogP contribution in [0.25, 0.3) is 0 Å². The summed E-state index contributed by atoms with van der Waals surface area (Å²) in [4.78, 5) is 14.6. The summed E-state index contributed by atoms with van der Waals surface area (Å²) in [7, 11) is 1.78. The third-order valence-corrected chi connectivity index (χ3v) is 5.13. The van der Waals surface area contributed by atoms with Gasteiger partial charge in [-0.3, -0.25) is 9.48 Å². The van der Waals surface area contributed by atoms with Crippen molar-refractivity contribution >= 4 is 5.91 Å². The molecule has 1 aromatic heterocycles. The zero-order chi connectivity index (χ0) is 19.9. The molecule has 0 unspecified atom stereocenters. The largest absolute Gasteiger partial charge is 0.491 e. The number of carbonyl (C=O) groups excluding carboxylic acids is 1. The summed E-state index contributed by atoms with van der Waals surface area (Å²) in [6.45, 7) is 1.02. The van der Waals surface area contributed by atoms with Crippen LogP contribution in [0.1, 0.15) is 41.6 Å². The fraction of sp³-hybridized carbons (Fsp3) is 0.524. The number of hydrogen-bond acceptors (Lipinski definition) is 5. The van der Waals surface area contributed by atoms with Crippen LogP contribution in [0.3, 0.4) is 0 Å². The highest BCUT2D eigenvalue weighted by Crippen LogP contribution is 2.21. The van der Waals surface area contributed by atoms with E-state index >= 15 is 0 Å². The summed E-state index contributed by atoms with van der Waals surface area (Å²) in [5, 5.41) is 24.7. The molecule has 1 aromatic carbocycles. The van der Waals surface area contributed by atoms with Gasteiger partial charge in [-0.2, -0.15) is 5.10 Å². The third-order valence-electron chi connectivity index (χ3n) is 5.13. The van der Waals surface area contributed by atoms with Crippen LogP contribution >= 0.6 is 0 Å². The number of carbonyl (C=O) groups is 1. The summed E-state index contributed by atoms with van der Waals surface area (Å²) in [5.74, 6) is 0.669. The Balaban J connectivity index is 1.70. The molecular weight excluding hydrogens is 358 g/mol. The van der Waals surface area contributed by atoms with Crippen LogP contribution in [-0.4, -0.2) is 62.7 Å². The van der Waals surface area contributed by atoms with Crippen LogP contribution in [0, 0.1) is 0 Å². The van der Waals surface area contributed by atoms with Crippen LogP contribution in [-0.2, 0) is 13.5 Å². The zero-order valence-electron chi connectivity index (χ0n) is 16.3. The summed E-state index contributed by atoms with van der Waals surface area (Å²) in [6.07, 6.45) is 5.34. The number of aliphatic hydroxyl groups is 2. The van der Waals surface area contributed by atoms with Crippen molar-refractivity contribution in [3.05, 3.63) is 47.8 Å². The number of aliphatic hydroxyl groups excluding tert-OH is 2. The molecule has 7 heteroatoms. The minimum Gasteiger partial charge on any atom is -0.491 e. The van der Waals surface area contributed by atoms with Gasteiger partial charge >= 0.3 is 0 Å². The Morgan fingerprint density at radius 1 is 1.14 bits per heavy atom. The lowest BCUT2D eigenvalue weighted by molar-refractivity contribution is -0.0153. The molecule has 1 aliphatic rings. The summed E-state index contributed by atoms with van der Waals surface area (Å²) in [6, 6.07) is 7.81. The molecule has 0 saturated heterocycles. The molecule has 28 heavy (non-hydrogen) atoms. The van der Waals surface area contributed by atoms with E-state index in [1.165, 1.54) is 0 Å². The zero-order valence-corrected chi connectivity index (χ0v) is 16.3. The van der Waals surface area contributed by atoms with Crippen molar-refractivity contribution < 1.29 is 19.7 Å². The van der Waals surface area contributed by atoms with E-state index in [1.54, 1.807) is 29.0 Å². The predicted molar refractivity (Wildman–Crippen MR) is 105 cm³/mol. The van der Waals surface area contributed by atoms with Gasteiger partial charge in [-0.1, -0.05) is 24.6 Å². The summed E-state index contributed by atoms with van der Waals surface area (Å²) in [5.41, 5.74) is 1.64. The normalized spacial score (nSPS) is 22.0. The fourth-order valence-electron chi connectivity index (χ4n) is 3.44. The first-order valence-electron chi connectivity index (χ1n) is 9.89. The molecule has 0 bridgehead atoms. The van der Waals surface area contributed by atoms with E-state index in [0.717, 1.165) is 37.0 Å². The minimum atomic E-state index is -1.01. The predicted octanol–water partition coefficient (Wildman–Crippen LogP) is 1.78. The number of ether oxygens (including phenoxy) is 1. The van der Waals surface area contributed by atoms with Gasteiger partial charge in [-0.15, -0.1) is 0 Å². The van der Waals surface area contributed by atoms with E-state index in [9.17, 15) is 15.0 Å². The molecule has 2 atom stereocenters. The molecule has 152 valence electrons. The summed E-state index contributed by atoms with van der Waals surface area (Å²) < 4.78 is 7.36. The van der Waals surface area contributed by atoms with Crippen LogP contribution in [0.2, 0.25) is 0 Å². The van der Waals surface area contributed by atoms with Crippen molar-refractivity contribution in [3.8, 4) is 5.75 Å². The quantitative estimate of drug-likeness (QED) is 0.779. The topological polar surface area (TPSA) is 87.8 Å². The van der Waals surface area contributed by atoms with Crippen molar-refractivity contribution in [3.63, 3.8) is 0 Å². The van der Waals surface area contributed by atoms with Crippen LogP contribution in [0.5, 0.6) is 5.75 Å². The second-order valence-electron chi connectivity index (χ2n) is 7.35. The lowest BCUT2D eigenvalue weighted by Gasteiger charge is -2.26. The Bertz CT molecular complexity index is 777. The molecule has 3 rings (SSSR count). The molecule has 2 aromatic rings. The van der Waals surface area contributed by atoms with E-state index < -0.39 is 12.2 Å². The second-order valence-corrected chi connectivity index (χ2v) is 7.35. The third kappa shape index (κ3) is 5.33. The highest BCUT2D eigenvalue weighted by molar-refractivity contribution is 5.93. The van der Waals surface area contributed by atoms with Gasteiger partial charge in [-0.05, 0) is 37.3 Å². The lowest BCUT2D eigenvalue weighted by atomic mass is 10.0. The van der Waals surface area contributed by atoms with E-state index in [0.29, 0.717) is 18.7 Å². The van der Waals surface area contributed by atoms with E-state index in [4.69, 9.17) is 4.74 Å². The van der Waals surface area contributed by atoms with Gasteiger partial charge < -0.3 is 19.8 Å². The molecule has 1 aliphatic heterocycles. The van der Waals surface area contributed by atoms with Gasteiger partial charge in [0, 0.05) is 26.3 Å². The molecule has 1 amide bonds. The number of aromatic nitrogens is 2. The van der Waals surface area contributed by atoms with Gasteiger partial charge in [0.2, 0.25) is 0 Å². The van der Waals surface area contributed by atoms with Gasteiger partial charge in [0.1, 0.15) is 18.5 Å². The maximum absolute atomic E-state index is 12.8. The monoisotopic (exact) mass is 387 g/mol. The molecule has 0 radical (unpaired) electrons. The molecule has 2 N–H and O–H groups in total. The number of rotatable bonds is 1. The first-order valence-corrected chi connectivity index (χ1v) is 9.89. The molecule has 2 heterocycles. The van der Waals surface area contributed by atoms with Gasteiger partial charge in [0.25, 0.3) is 5.91 Å². The van der Waals surface area contributed by atoms with Gasteiger partial charge in [-0.25, -0.2) is 0 Å². The molecule has 0 spiro atoms. The molecular formula is C21H29N3O4. The Morgan fingerprint density at radius 3 is 2.75 bits per heavy atom. The van der Waals surface area contributed by atoms with Crippen molar-refractivity contribution in [1.82, 2.24) is 14.7 Å². The van der Waals surface area contributed by atoms with Gasteiger partial charge in [0.05, 0.1) is 17.9 Å². The SMILES string of the molecule is Cn1cc(C(=O)N2CCCCCc3ccccc3OC[C@@H](O)[C@@H](O)CC2)cn1. The molecule has 0 saturated carbocycles. The first-order chi connectivity index (χ1) is 13.5. The number of hydrogen-bond donors (Lipinski definition) is 2. The Labute approximate surface area is 165 Å². The van der Waals surface area contributed by atoms with Gasteiger partial charge in [0.15, 0.2) is 0 Å². The van der Waals surface area contributed by atoms with Crippen molar-refractivity contribution in [2.45, 2.75) is 44.3 Å². The lowest BCUT2D eigenvalue weighted by Crippen LogP contribution is -2.38. The fourth-order valence-corrected chi connectivity index (χ4v) is 3.44. The standard InChI is InChI=1S/C21H29N3O4/c1-23-14-17(13-22-23)21(27)24-11-6-2-3-7-16-8-4-5-9-20(16)28-15-19(26)18(25)10-12-24/h4-5,8-9,13-14,18-19,25-26H,2-3,6-7,10-12,15H2,1H3/t18-,19+/m0/s1. The molecule has 0 fully saturated rings. The molecule has 7 nitrogen and oxygen atoms in total. The van der Waals surface area contributed by atoms with Crippen LogP contribution in [0.4, 0.5) is 0 Å². The second kappa shape index (κ2) is 9.71. The van der Waals surface area contributed by atoms with Crippen molar-refractivity contribution in [1.29, 1.82) is 0 Å². The number of aryl methyl sites for hydroxylation is 2. The van der Waals surface area contributed by atoms with Crippen LogP contribution < -0.4 is 4.74 Å². The minimum absolute atomic E-state index is 0.0226. The number of amides is 1. The first kappa shape index (κ1) is 20.4.